The Labute approximate surface area is 200 Å². The molecule has 10 heteroatoms. The van der Waals surface area contributed by atoms with Gasteiger partial charge in [-0.15, -0.1) is 11.3 Å². The highest BCUT2D eigenvalue weighted by Gasteiger charge is 2.39. The number of carbonyl (C=O) groups is 3. The second-order valence-electron chi connectivity index (χ2n) is 8.99. The average Bonchev–Trinajstić information content (AvgIpc) is 3.44. The van der Waals surface area contributed by atoms with Gasteiger partial charge in [-0.05, 0) is 35.1 Å². The van der Waals surface area contributed by atoms with Crippen molar-refractivity contribution in [3.8, 4) is 0 Å². The molecule has 2 fully saturated rings. The summed E-state index contributed by atoms with van der Waals surface area (Å²) in [4.78, 5) is 52.9. The van der Waals surface area contributed by atoms with Crippen LogP contribution in [0.15, 0.2) is 36.0 Å². The van der Waals surface area contributed by atoms with Gasteiger partial charge in [-0.3, -0.25) is 24.6 Å². The van der Waals surface area contributed by atoms with Gasteiger partial charge in [0.05, 0.1) is 5.39 Å². The first-order valence-electron chi connectivity index (χ1n) is 11.5. The normalized spacial score (nSPS) is 21.3. The summed E-state index contributed by atoms with van der Waals surface area (Å²) >= 11 is 1.63. The van der Waals surface area contributed by atoms with Crippen LogP contribution in [0, 0.1) is 0 Å². The Kier molecular flexibility index (Phi) is 5.26. The van der Waals surface area contributed by atoms with Crippen LogP contribution in [0.5, 0.6) is 0 Å². The number of imide groups is 1. The third-order valence-corrected chi connectivity index (χ3v) is 7.73. The predicted octanol–water partition coefficient (Wildman–Crippen LogP) is 1.77. The summed E-state index contributed by atoms with van der Waals surface area (Å²) in [7, 11) is 0. The zero-order valence-electron chi connectivity index (χ0n) is 18.6. The van der Waals surface area contributed by atoms with E-state index >= 15 is 0 Å². The molecule has 1 aromatic carbocycles. The molecule has 5 heterocycles. The topological polar surface area (TPSA) is 98.7 Å². The average molecular weight is 477 g/mol. The molecule has 0 saturated carbocycles. The highest BCUT2D eigenvalue weighted by molar-refractivity contribution is 7.16. The minimum absolute atomic E-state index is 0.130. The third kappa shape index (κ3) is 3.72. The van der Waals surface area contributed by atoms with Crippen molar-refractivity contribution in [1.29, 1.82) is 0 Å². The molecule has 1 N–H and O–H groups in total. The maximum absolute atomic E-state index is 12.9. The predicted molar refractivity (Wildman–Crippen MR) is 127 cm³/mol. The van der Waals surface area contributed by atoms with Crippen molar-refractivity contribution in [2.75, 3.05) is 31.1 Å². The van der Waals surface area contributed by atoms with E-state index < -0.39 is 6.04 Å². The fourth-order valence-electron chi connectivity index (χ4n) is 5.13. The summed E-state index contributed by atoms with van der Waals surface area (Å²) in [5, 5.41) is 5.52. The number of anilines is 1. The number of piperazine rings is 1. The molecule has 0 bridgehead atoms. The molecular weight excluding hydrogens is 452 g/mol. The van der Waals surface area contributed by atoms with Crippen molar-refractivity contribution in [2.24, 2.45) is 0 Å². The van der Waals surface area contributed by atoms with Crippen LogP contribution >= 0.6 is 11.3 Å². The molecule has 2 aromatic heterocycles. The number of fused-ring (bicyclic) bond motifs is 2. The highest BCUT2D eigenvalue weighted by Crippen LogP contribution is 2.30. The van der Waals surface area contributed by atoms with E-state index in [0.29, 0.717) is 18.5 Å². The Morgan fingerprint density at radius 1 is 1.06 bits per heavy atom. The lowest BCUT2D eigenvalue weighted by Gasteiger charge is -2.35. The molecule has 3 aromatic rings. The van der Waals surface area contributed by atoms with Gasteiger partial charge in [-0.1, -0.05) is 12.1 Å². The Bertz CT molecular complexity index is 1300. The van der Waals surface area contributed by atoms with Crippen LogP contribution in [0.2, 0.25) is 0 Å². The molecule has 174 valence electrons. The van der Waals surface area contributed by atoms with Crippen molar-refractivity contribution < 1.29 is 14.4 Å². The molecule has 0 aliphatic carbocycles. The lowest BCUT2D eigenvalue weighted by molar-refractivity contribution is -0.136. The number of thiophene rings is 1. The Morgan fingerprint density at radius 3 is 2.74 bits per heavy atom. The third-order valence-electron chi connectivity index (χ3n) is 6.91. The zero-order chi connectivity index (χ0) is 23.2. The van der Waals surface area contributed by atoms with E-state index in [0.717, 1.165) is 59.9 Å². The minimum Gasteiger partial charge on any atom is -0.353 e. The lowest BCUT2D eigenvalue weighted by Crippen LogP contribution is -2.52. The summed E-state index contributed by atoms with van der Waals surface area (Å²) in [5.41, 5.74) is 2.76. The van der Waals surface area contributed by atoms with Gasteiger partial charge in [-0.25, -0.2) is 9.97 Å². The first-order chi connectivity index (χ1) is 16.6. The van der Waals surface area contributed by atoms with Crippen molar-refractivity contribution in [3.05, 3.63) is 52.7 Å². The number of nitrogens with one attached hydrogen (secondary N) is 1. The molecule has 3 aliphatic rings. The number of piperidine rings is 1. The van der Waals surface area contributed by atoms with Crippen LogP contribution in [0.25, 0.3) is 10.2 Å². The Balaban J connectivity index is 1.10. The van der Waals surface area contributed by atoms with Crippen LogP contribution in [0.1, 0.15) is 34.3 Å². The summed E-state index contributed by atoms with van der Waals surface area (Å²) < 4.78 is 0. The van der Waals surface area contributed by atoms with Crippen molar-refractivity contribution in [1.82, 2.24) is 25.1 Å². The first kappa shape index (κ1) is 21.2. The van der Waals surface area contributed by atoms with Gasteiger partial charge in [0.25, 0.3) is 5.91 Å². The van der Waals surface area contributed by atoms with Crippen LogP contribution in [0.4, 0.5) is 5.82 Å². The minimum atomic E-state index is -0.578. The smallest absolute Gasteiger partial charge is 0.255 e. The Morgan fingerprint density at radius 2 is 1.91 bits per heavy atom. The van der Waals surface area contributed by atoms with Crippen LogP contribution in [-0.2, 0) is 22.7 Å². The number of aromatic nitrogens is 2. The van der Waals surface area contributed by atoms with Gasteiger partial charge in [0, 0.05) is 51.3 Å². The molecule has 1 atom stereocenters. The van der Waals surface area contributed by atoms with Gasteiger partial charge < -0.3 is 9.80 Å². The number of hydrogen-bond donors (Lipinski definition) is 1. The number of benzene rings is 1. The van der Waals surface area contributed by atoms with E-state index in [4.69, 9.17) is 0 Å². The molecule has 0 spiro atoms. The molecule has 3 aliphatic heterocycles. The highest BCUT2D eigenvalue weighted by atomic mass is 32.1. The van der Waals surface area contributed by atoms with Crippen LogP contribution in [-0.4, -0.2) is 69.7 Å². The summed E-state index contributed by atoms with van der Waals surface area (Å²) in [6, 6.07) is 7.49. The monoisotopic (exact) mass is 476 g/mol. The molecule has 34 heavy (non-hydrogen) atoms. The molecule has 3 amide bonds. The number of hydrogen-bond acceptors (Lipinski definition) is 8. The van der Waals surface area contributed by atoms with E-state index in [1.807, 2.05) is 12.1 Å². The standard InChI is InChI=1S/C24H24N6O3S/c31-20-4-3-19(22(32)27-20)30-13-16-11-15(1-2-17(16)24(30)33)12-28-6-8-29(9-7-28)21-18-5-10-34-23(18)26-14-25-21/h1-2,5,10-11,14,19H,3-4,6-9,12-13H2,(H,27,31,32). The van der Waals surface area contributed by atoms with E-state index in [-0.39, 0.29) is 24.1 Å². The number of nitrogens with zero attached hydrogens (tertiary/aromatic N) is 5. The van der Waals surface area contributed by atoms with Gasteiger partial charge in [0.15, 0.2) is 0 Å². The zero-order valence-corrected chi connectivity index (χ0v) is 19.4. The molecule has 1 unspecified atom stereocenters. The molecule has 6 rings (SSSR count). The summed E-state index contributed by atoms with van der Waals surface area (Å²) in [5.74, 6) is 0.232. The maximum Gasteiger partial charge on any atom is 0.255 e. The summed E-state index contributed by atoms with van der Waals surface area (Å²) in [6.07, 6.45) is 2.29. The van der Waals surface area contributed by atoms with E-state index in [9.17, 15) is 14.4 Å². The largest absolute Gasteiger partial charge is 0.353 e. The SMILES string of the molecule is O=C1CCC(N2Cc3cc(CN4CCN(c5ncnc6sccc56)CC4)ccc3C2=O)C(=O)N1. The van der Waals surface area contributed by atoms with Gasteiger partial charge >= 0.3 is 0 Å². The molecular formula is C24H24N6O3S. The van der Waals surface area contributed by atoms with Gasteiger partial charge in [0.2, 0.25) is 11.8 Å². The second-order valence-corrected chi connectivity index (χ2v) is 9.89. The summed E-state index contributed by atoms with van der Waals surface area (Å²) in [6.45, 7) is 4.86. The van der Waals surface area contributed by atoms with E-state index in [1.165, 1.54) is 0 Å². The van der Waals surface area contributed by atoms with Gasteiger partial charge in [-0.2, -0.15) is 0 Å². The lowest BCUT2D eigenvalue weighted by atomic mass is 10.0. The quantitative estimate of drug-likeness (QED) is 0.573. The molecule has 9 nitrogen and oxygen atoms in total. The second kappa shape index (κ2) is 8.44. The van der Waals surface area contributed by atoms with Crippen LogP contribution < -0.4 is 10.2 Å². The first-order valence-corrected chi connectivity index (χ1v) is 12.4. The number of rotatable bonds is 4. The van der Waals surface area contributed by atoms with Crippen molar-refractivity contribution in [3.63, 3.8) is 0 Å². The van der Waals surface area contributed by atoms with Gasteiger partial charge in [0.1, 0.15) is 23.0 Å². The maximum atomic E-state index is 12.9. The fraction of sp³-hybridized carbons (Fsp3) is 0.375. The van der Waals surface area contributed by atoms with Crippen molar-refractivity contribution in [2.45, 2.75) is 32.0 Å². The fourth-order valence-corrected chi connectivity index (χ4v) is 5.86. The van der Waals surface area contributed by atoms with Crippen LogP contribution in [0.3, 0.4) is 0 Å². The number of amides is 3. The number of carbonyl (C=O) groups excluding carboxylic acids is 3. The van der Waals surface area contributed by atoms with E-state index in [2.05, 4.69) is 42.6 Å². The molecule has 0 radical (unpaired) electrons. The van der Waals surface area contributed by atoms with Crippen molar-refractivity contribution >= 4 is 45.1 Å². The Hall–Kier alpha value is -3.37. The molecule has 2 saturated heterocycles. The van der Waals surface area contributed by atoms with E-state index in [1.54, 1.807) is 22.6 Å².